The van der Waals surface area contributed by atoms with E-state index in [2.05, 4.69) is 4.72 Å². The summed E-state index contributed by atoms with van der Waals surface area (Å²) in [5.74, 6) is 0.125. The van der Waals surface area contributed by atoms with Gasteiger partial charge in [-0.25, -0.2) is 13.1 Å². The molecule has 0 atom stereocenters. The van der Waals surface area contributed by atoms with Gasteiger partial charge in [-0.3, -0.25) is 10.1 Å². The lowest BCUT2D eigenvalue weighted by atomic mass is 10.2. The van der Waals surface area contributed by atoms with Crippen LogP contribution >= 0.6 is 0 Å². The third kappa shape index (κ3) is 3.41. The van der Waals surface area contributed by atoms with Crippen molar-refractivity contribution in [2.75, 3.05) is 12.3 Å². The number of anilines is 1. The van der Waals surface area contributed by atoms with Crippen LogP contribution in [0.4, 0.5) is 11.4 Å². The van der Waals surface area contributed by atoms with Crippen molar-refractivity contribution >= 4 is 21.4 Å². The summed E-state index contributed by atoms with van der Waals surface area (Å²) in [6.07, 6.45) is 0. The van der Waals surface area contributed by atoms with Gasteiger partial charge in [0.1, 0.15) is 4.90 Å². The van der Waals surface area contributed by atoms with Crippen LogP contribution in [0.3, 0.4) is 0 Å². The molecule has 1 aromatic rings. The number of rotatable bonds is 5. The van der Waals surface area contributed by atoms with E-state index in [-0.39, 0.29) is 28.7 Å². The van der Waals surface area contributed by atoms with Gasteiger partial charge in [-0.2, -0.15) is 0 Å². The van der Waals surface area contributed by atoms with E-state index in [0.29, 0.717) is 0 Å². The molecule has 0 aliphatic heterocycles. The standard InChI is InChI=1S/C10H15N3O4S/c1-7(2)6-12-18(16,17)10-5-8(13(14)15)3-4-9(10)11/h3-5,7,12H,6,11H2,1-2H3. The number of nitrogens with zero attached hydrogens (tertiary/aromatic N) is 1. The molecule has 7 nitrogen and oxygen atoms in total. The van der Waals surface area contributed by atoms with Crippen LogP contribution in [0.15, 0.2) is 23.1 Å². The summed E-state index contributed by atoms with van der Waals surface area (Å²) in [6.45, 7) is 3.93. The normalized spacial score (nSPS) is 11.7. The van der Waals surface area contributed by atoms with Crippen molar-refractivity contribution < 1.29 is 13.3 Å². The highest BCUT2D eigenvalue weighted by Crippen LogP contribution is 2.23. The van der Waals surface area contributed by atoms with Gasteiger partial charge in [-0.05, 0) is 12.0 Å². The first-order valence-corrected chi connectivity index (χ1v) is 6.76. The molecule has 0 aliphatic rings. The molecule has 100 valence electrons. The Balaban J connectivity index is 3.15. The summed E-state index contributed by atoms with van der Waals surface area (Å²) >= 11 is 0. The highest BCUT2D eigenvalue weighted by Gasteiger charge is 2.20. The van der Waals surface area contributed by atoms with Gasteiger partial charge in [0.15, 0.2) is 0 Å². The van der Waals surface area contributed by atoms with Crippen molar-refractivity contribution in [3.8, 4) is 0 Å². The zero-order valence-electron chi connectivity index (χ0n) is 10.1. The fourth-order valence-corrected chi connectivity index (χ4v) is 2.59. The van der Waals surface area contributed by atoms with Crippen molar-refractivity contribution in [3.63, 3.8) is 0 Å². The number of nitrogen functional groups attached to an aromatic ring is 1. The van der Waals surface area contributed by atoms with Crippen LogP contribution in [0, 0.1) is 16.0 Å². The molecule has 0 spiro atoms. The van der Waals surface area contributed by atoms with Gasteiger partial charge < -0.3 is 5.73 Å². The Bertz CT molecular complexity index is 554. The number of benzene rings is 1. The Morgan fingerprint density at radius 2 is 2.06 bits per heavy atom. The van der Waals surface area contributed by atoms with Crippen LogP contribution in [-0.4, -0.2) is 19.9 Å². The maximum Gasteiger partial charge on any atom is 0.270 e. The fourth-order valence-electron chi connectivity index (χ4n) is 1.22. The molecular formula is C10H15N3O4S. The maximum absolute atomic E-state index is 11.9. The molecule has 0 saturated heterocycles. The summed E-state index contributed by atoms with van der Waals surface area (Å²) in [5, 5.41) is 10.6. The number of hydrogen-bond acceptors (Lipinski definition) is 5. The lowest BCUT2D eigenvalue weighted by molar-refractivity contribution is -0.385. The number of sulfonamides is 1. The maximum atomic E-state index is 11.9. The van der Waals surface area contributed by atoms with E-state index >= 15 is 0 Å². The van der Waals surface area contributed by atoms with Gasteiger partial charge >= 0.3 is 0 Å². The molecule has 1 rings (SSSR count). The molecule has 0 saturated carbocycles. The largest absolute Gasteiger partial charge is 0.398 e. The number of nitrogens with two attached hydrogens (primary N) is 1. The van der Waals surface area contributed by atoms with Crippen molar-refractivity contribution in [2.24, 2.45) is 5.92 Å². The molecular weight excluding hydrogens is 258 g/mol. The second-order valence-corrected chi connectivity index (χ2v) is 5.96. The Morgan fingerprint density at radius 3 is 2.56 bits per heavy atom. The van der Waals surface area contributed by atoms with Crippen LogP contribution in [-0.2, 0) is 10.0 Å². The Kier molecular flexibility index (Phi) is 4.25. The molecule has 0 unspecified atom stereocenters. The third-order valence-electron chi connectivity index (χ3n) is 2.18. The number of hydrogen-bond donors (Lipinski definition) is 2. The molecule has 0 aliphatic carbocycles. The molecule has 3 N–H and O–H groups in total. The number of nitro groups is 1. The second-order valence-electron chi connectivity index (χ2n) is 4.22. The average Bonchev–Trinajstić information content (AvgIpc) is 2.26. The molecule has 0 bridgehead atoms. The Hall–Kier alpha value is -1.67. The minimum atomic E-state index is -3.82. The first kappa shape index (κ1) is 14.4. The number of non-ortho nitro benzene ring substituents is 1. The van der Waals surface area contributed by atoms with Crippen LogP contribution in [0.2, 0.25) is 0 Å². The smallest absolute Gasteiger partial charge is 0.270 e. The van der Waals surface area contributed by atoms with E-state index < -0.39 is 14.9 Å². The van der Waals surface area contributed by atoms with Crippen molar-refractivity contribution in [2.45, 2.75) is 18.7 Å². The number of nitrogens with one attached hydrogen (secondary N) is 1. The zero-order chi connectivity index (χ0) is 13.9. The minimum absolute atomic E-state index is 0.0168. The van der Waals surface area contributed by atoms with E-state index in [9.17, 15) is 18.5 Å². The molecule has 8 heteroatoms. The van der Waals surface area contributed by atoms with E-state index in [1.807, 2.05) is 13.8 Å². The highest BCUT2D eigenvalue weighted by atomic mass is 32.2. The minimum Gasteiger partial charge on any atom is -0.398 e. The topological polar surface area (TPSA) is 115 Å². The average molecular weight is 273 g/mol. The van der Waals surface area contributed by atoms with E-state index in [4.69, 9.17) is 5.73 Å². The van der Waals surface area contributed by atoms with Crippen LogP contribution < -0.4 is 10.5 Å². The monoisotopic (exact) mass is 273 g/mol. The molecule has 0 aromatic heterocycles. The fraction of sp³-hybridized carbons (Fsp3) is 0.400. The molecule has 0 radical (unpaired) electrons. The summed E-state index contributed by atoms with van der Waals surface area (Å²) in [4.78, 5) is 9.67. The van der Waals surface area contributed by atoms with Gasteiger partial charge in [-0.1, -0.05) is 13.8 Å². The van der Waals surface area contributed by atoms with Crippen LogP contribution in [0.1, 0.15) is 13.8 Å². The quantitative estimate of drug-likeness (QED) is 0.473. The van der Waals surface area contributed by atoms with Gasteiger partial charge in [-0.15, -0.1) is 0 Å². The van der Waals surface area contributed by atoms with Gasteiger partial charge in [0, 0.05) is 18.7 Å². The predicted molar refractivity (Wildman–Crippen MR) is 67.5 cm³/mol. The molecule has 18 heavy (non-hydrogen) atoms. The van der Waals surface area contributed by atoms with E-state index in [1.54, 1.807) is 0 Å². The van der Waals surface area contributed by atoms with Crippen molar-refractivity contribution in [1.82, 2.24) is 4.72 Å². The summed E-state index contributed by atoms with van der Waals surface area (Å²) in [5.41, 5.74) is 5.21. The lowest BCUT2D eigenvalue weighted by Crippen LogP contribution is -2.28. The summed E-state index contributed by atoms with van der Waals surface area (Å²) < 4.78 is 26.2. The van der Waals surface area contributed by atoms with Crippen LogP contribution in [0.5, 0.6) is 0 Å². The first-order valence-electron chi connectivity index (χ1n) is 5.27. The third-order valence-corrected chi connectivity index (χ3v) is 3.66. The predicted octanol–water partition coefficient (Wildman–Crippen LogP) is 1.11. The van der Waals surface area contributed by atoms with E-state index in [0.717, 1.165) is 12.1 Å². The highest BCUT2D eigenvalue weighted by molar-refractivity contribution is 7.89. The molecule has 0 amide bonds. The van der Waals surface area contributed by atoms with Crippen molar-refractivity contribution in [1.29, 1.82) is 0 Å². The number of nitro benzene ring substituents is 1. The zero-order valence-corrected chi connectivity index (χ0v) is 10.9. The SMILES string of the molecule is CC(C)CNS(=O)(=O)c1cc([N+](=O)[O-])ccc1N. The van der Waals surface area contributed by atoms with Gasteiger partial charge in [0.25, 0.3) is 5.69 Å². The Labute approximate surface area is 105 Å². The lowest BCUT2D eigenvalue weighted by Gasteiger charge is -2.10. The van der Waals surface area contributed by atoms with E-state index in [1.165, 1.54) is 6.07 Å². The summed E-state index contributed by atoms with van der Waals surface area (Å²) in [7, 11) is -3.82. The second kappa shape index (κ2) is 5.32. The van der Waals surface area contributed by atoms with Crippen LogP contribution in [0.25, 0.3) is 0 Å². The van der Waals surface area contributed by atoms with Gasteiger partial charge in [0.2, 0.25) is 10.0 Å². The summed E-state index contributed by atoms with van der Waals surface area (Å²) in [6, 6.07) is 3.33. The molecule has 1 aromatic carbocycles. The molecule has 0 heterocycles. The first-order chi connectivity index (χ1) is 8.24. The van der Waals surface area contributed by atoms with Crippen molar-refractivity contribution in [3.05, 3.63) is 28.3 Å². The van der Waals surface area contributed by atoms with Gasteiger partial charge in [0.05, 0.1) is 10.6 Å². The Morgan fingerprint density at radius 1 is 1.44 bits per heavy atom. The molecule has 0 fully saturated rings.